The molecule has 2 nitrogen and oxygen atoms in total. The largest absolute Gasteiger partial charge is 0.573 e. The first-order valence-corrected chi connectivity index (χ1v) is 6.04. The molecule has 1 aliphatic rings. The highest BCUT2D eigenvalue weighted by molar-refractivity contribution is 7.97. The molecule has 2 rings (SSSR count). The van der Waals surface area contributed by atoms with Crippen LogP contribution in [-0.4, -0.2) is 12.9 Å². The molecule has 1 atom stereocenters. The average molecular weight is 263 g/mol. The van der Waals surface area contributed by atoms with E-state index in [2.05, 4.69) is 16.4 Å². The van der Waals surface area contributed by atoms with Gasteiger partial charge in [-0.05, 0) is 48.0 Å². The van der Waals surface area contributed by atoms with Crippen molar-refractivity contribution >= 4 is 11.9 Å². The normalized spacial score (nSPS) is 20.6. The van der Waals surface area contributed by atoms with Gasteiger partial charge in [0, 0.05) is 11.4 Å². The van der Waals surface area contributed by atoms with Gasteiger partial charge < -0.3 is 4.74 Å². The molecule has 94 valence electrons. The third-order valence-corrected chi connectivity index (χ3v) is 3.38. The van der Waals surface area contributed by atoms with Gasteiger partial charge >= 0.3 is 6.36 Å². The van der Waals surface area contributed by atoms with E-state index in [0.29, 0.717) is 5.92 Å². The predicted octanol–water partition coefficient (Wildman–Crippen LogP) is 3.37. The Labute approximate surface area is 102 Å². The molecule has 6 heteroatoms. The molecule has 0 saturated carbocycles. The standard InChI is InChI=1S/C11H12F3NOS/c1-7-4-8-5-9(16-11(12,13)14)2-3-10(8)17-15-6-7/h2-3,5,7,15H,4,6H2,1H3. The van der Waals surface area contributed by atoms with Crippen LogP contribution in [0.5, 0.6) is 5.75 Å². The molecule has 1 N–H and O–H groups in total. The van der Waals surface area contributed by atoms with Crippen molar-refractivity contribution in [2.45, 2.75) is 24.6 Å². The number of nitrogens with one attached hydrogen (secondary N) is 1. The van der Waals surface area contributed by atoms with Crippen LogP contribution in [0.3, 0.4) is 0 Å². The average Bonchev–Trinajstić information content (AvgIpc) is 2.35. The zero-order valence-corrected chi connectivity index (χ0v) is 9.99. The topological polar surface area (TPSA) is 21.3 Å². The minimum absolute atomic E-state index is 0.147. The number of hydrogen-bond acceptors (Lipinski definition) is 3. The molecule has 0 radical (unpaired) electrons. The number of ether oxygens (including phenoxy) is 1. The Morgan fingerprint density at radius 3 is 2.88 bits per heavy atom. The van der Waals surface area contributed by atoms with E-state index in [1.54, 1.807) is 6.07 Å². The first-order chi connectivity index (χ1) is 7.94. The first kappa shape index (κ1) is 12.6. The Bertz CT molecular complexity index is 408. The van der Waals surface area contributed by atoms with E-state index in [0.717, 1.165) is 23.4 Å². The minimum atomic E-state index is -4.63. The van der Waals surface area contributed by atoms with Crippen molar-refractivity contribution in [2.75, 3.05) is 6.54 Å². The molecule has 17 heavy (non-hydrogen) atoms. The lowest BCUT2D eigenvalue weighted by Gasteiger charge is -2.12. The van der Waals surface area contributed by atoms with Gasteiger partial charge in [0.2, 0.25) is 0 Å². The van der Waals surface area contributed by atoms with Crippen molar-refractivity contribution in [3.05, 3.63) is 23.8 Å². The predicted molar refractivity (Wildman–Crippen MR) is 59.9 cm³/mol. The third-order valence-electron chi connectivity index (χ3n) is 2.45. The van der Waals surface area contributed by atoms with Crippen LogP contribution >= 0.6 is 11.9 Å². The highest BCUT2D eigenvalue weighted by Crippen LogP contribution is 2.31. The molecule has 1 heterocycles. The van der Waals surface area contributed by atoms with Gasteiger partial charge in [-0.15, -0.1) is 13.2 Å². The number of fused-ring (bicyclic) bond motifs is 1. The summed E-state index contributed by atoms with van der Waals surface area (Å²) in [5.74, 6) is 0.246. The van der Waals surface area contributed by atoms with Crippen molar-refractivity contribution in [1.82, 2.24) is 4.72 Å². The number of benzene rings is 1. The van der Waals surface area contributed by atoms with Gasteiger partial charge in [-0.2, -0.15) is 0 Å². The molecule has 0 bridgehead atoms. The molecule has 1 aromatic carbocycles. The van der Waals surface area contributed by atoms with Gasteiger partial charge in [0.25, 0.3) is 0 Å². The fraction of sp³-hybridized carbons (Fsp3) is 0.455. The molecule has 0 aromatic heterocycles. The molecular weight excluding hydrogens is 251 g/mol. The molecule has 0 fully saturated rings. The molecule has 0 spiro atoms. The lowest BCUT2D eigenvalue weighted by Crippen LogP contribution is -2.17. The van der Waals surface area contributed by atoms with Crippen LogP contribution < -0.4 is 9.46 Å². The van der Waals surface area contributed by atoms with Crippen molar-refractivity contribution in [1.29, 1.82) is 0 Å². The molecule has 1 unspecified atom stereocenters. The lowest BCUT2D eigenvalue weighted by atomic mass is 10.0. The monoisotopic (exact) mass is 263 g/mol. The second kappa shape index (κ2) is 4.78. The maximum absolute atomic E-state index is 12.1. The zero-order valence-electron chi connectivity index (χ0n) is 9.17. The van der Waals surface area contributed by atoms with E-state index in [9.17, 15) is 13.2 Å². The molecule has 0 amide bonds. The summed E-state index contributed by atoms with van der Waals surface area (Å²) in [6.07, 6.45) is -3.87. The van der Waals surface area contributed by atoms with Gasteiger partial charge in [-0.25, -0.2) is 0 Å². The fourth-order valence-electron chi connectivity index (χ4n) is 1.72. The summed E-state index contributed by atoms with van der Waals surface area (Å²) < 4.78 is 43.4. The molecule has 1 aliphatic heterocycles. The van der Waals surface area contributed by atoms with Gasteiger partial charge in [0.05, 0.1) is 0 Å². The van der Waals surface area contributed by atoms with E-state index < -0.39 is 6.36 Å². The van der Waals surface area contributed by atoms with E-state index in [4.69, 9.17) is 0 Å². The number of halogens is 3. The molecule has 0 saturated heterocycles. The summed E-state index contributed by atoms with van der Waals surface area (Å²) in [5.41, 5.74) is 0.897. The van der Waals surface area contributed by atoms with Crippen molar-refractivity contribution in [3.8, 4) is 5.75 Å². The Kier molecular flexibility index (Phi) is 3.53. The van der Waals surface area contributed by atoms with E-state index in [-0.39, 0.29) is 5.75 Å². The maximum Gasteiger partial charge on any atom is 0.573 e. The second-order valence-corrected chi connectivity index (χ2v) is 5.01. The summed E-state index contributed by atoms with van der Waals surface area (Å²) in [7, 11) is 0. The van der Waals surface area contributed by atoms with Gasteiger partial charge in [0.15, 0.2) is 0 Å². The van der Waals surface area contributed by atoms with Crippen molar-refractivity contribution in [3.63, 3.8) is 0 Å². The summed E-state index contributed by atoms with van der Waals surface area (Å²) >= 11 is 1.45. The molecule has 1 aromatic rings. The van der Waals surface area contributed by atoms with E-state index in [1.807, 2.05) is 0 Å². The Morgan fingerprint density at radius 2 is 2.18 bits per heavy atom. The summed E-state index contributed by atoms with van der Waals surface area (Å²) in [6.45, 7) is 2.90. The zero-order chi connectivity index (χ0) is 12.5. The number of alkyl halides is 3. The number of rotatable bonds is 1. The Balaban J connectivity index is 2.23. The summed E-state index contributed by atoms with van der Waals surface area (Å²) in [5, 5.41) is 0. The quantitative estimate of drug-likeness (QED) is 0.785. The van der Waals surface area contributed by atoms with Crippen LogP contribution in [0.25, 0.3) is 0 Å². The molecule has 0 aliphatic carbocycles. The van der Waals surface area contributed by atoms with Crippen LogP contribution in [0.1, 0.15) is 12.5 Å². The van der Waals surface area contributed by atoms with Crippen LogP contribution in [0, 0.1) is 5.92 Å². The van der Waals surface area contributed by atoms with Gasteiger partial charge in [0.1, 0.15) is 5.75 Å². The van der Waals surface area contributed by atoms with E-state index >= 15 is 0 Å². The SMILES string of the molecule is CC1CNSc2ccc(OC(F)(F)F)cc2C1. The Hall–Kier alpha value is -0.880. The molecular formula is C11H12F3NOS. The fourth-order valence-corrected chi connectivity index (χ4v) is 2.65. The van der Waals surface area contributed by atoms with Gasteiger partial charge in [-0.3, -0.25) is 4.72 Å². The highest BCUT2D eigenvalue weighted by Gasteiger charge is 2.31. The van der Waals surface area contributed by atoms with Crippen LogP contribution in [0.2, 0.25) is 0 Å². The van der Waals surface area contributed by atoms with Crippen LogP contribution in [0.15, 0.2) is 23.1 Å². The van der Waals surface area contributed by atoms with Crippen LogP contribution in [-0.2, 0) is 6.42 Å². The smallest absolute Gasteiger partial charge is 0.406 e. The number of hydrogen-bond donors (Lipinski definition) is 1. The first-order valence-electron chi connectivity index (χ1n) is 5.22. The summed E-state index contributed by atoms with van der Waals surface area (Å²) in [4.78, 5) is 0.962. The highest BCUT2D eigenvalue weighted by atomic mass is 32.2. The van der Waals surface area contributed by atoms with Gasteiger partial charge in [-0.1, -0.05) is 6.92 Å². The van der Waals surface area contributed by atoms with Crippen molar-refractivity contribution < 1.29 is 17.9 Å². The van der Waals surface area contributed by atoms with E-state index in [1.165, 1.54) is 24.1 Å². The van der Waals surface area contributed by atoms with Crippen molar-refractivity contribution in [2.24, 2.45) is 5.92 Å². The Morgan fingerprint density at radius 1 is 1.41 bits per heavy atom. The third kappa shape index (κ3) is 3.54. The second-order valence-electron chi connectivity index (χ2n) is 4.08. The lowest BCUT2D eigenvalue weighted by molar-refractivity contribution is -0.274. The maximum atomic E-state index is 12.1. The van der Waals surface area contributed by atoms with Crippen LogP contribution in [0.4, 0.5) is 13.2 Å². The minimum Gasteiger partial charge on any atom is -0.406 e. The summed E-state index contributed by atoms with van der Waals surface area (Å²) in [6, 6.07) is 4.47.